The lowest BCUT2D eigenvalue weighted by atomic mass is 10.1. The van der Waals surface area contributed by atoms with Crippen LogP contribution in [0.5, 0.6) is 0 Å². The van der Waals surface area contributed by atoms with Gasteiger partial charge in [0.25, 0.3) is 11.8 Å². The molecule has 0 saturated carbocycles. The van der Waals surface area contributed by atoms with Gasteiger partial charge < -0.3 is 10.2 Å². The minimum Gasteiger partial charge on any atom is -0.336 e. The molecule has 0 aliphatic carbocycles. The van der Waals surface area contributed by atoms with Gasteiger partial charge >= 0.3 is 0 Å². The Morgan fingerprint density at radius 2 is 1.45 bits per heavy atom. The molecule has 3 aromatic carbocycles. The Morgan fingerprint density at radius 1 is 0.788 bits per heavy atom. The molecule has 33 heavy (non-hydrogen) atoms. The highest BCUT2D eigenvalue weighted by Crippen LogP contribution is 2.20. The number of carbonyl (C=O) groups is 2. The van der Waals surface area contributed by atoms with E-state index in [4.69, 9.17) is 0 Å². The highest BCUT2D eigenvalue weighted by molar-refractivity contribution is 7.89. The summed E-state index contributed by atoms with van der Waals surface area (Å²) in [5.74, 6) is -1.09. The highest BCUT2D eigenvalue weighted by Gasteiger charge is 2.30. The molecule has 7 nitrogen and oxygen atoms in total. The van der Waals surface area contributed by atoms with E-state index in [1.807, 2.05) is 6.07 Å². The fourth-order valence-corrected chi connectivity index (χ4v) is 5.03. The number of sulfonamides is 1. The number of anilines is 1. The van der Waals surface area contributed by atoms with Crippen LogP contribution in [-0.4, -0.2) is 55.6 Å². The van der Waals surface area contributed by atoms with Crippen molar-refractivity contribution in [3.63, 3.8) is 0 Å². The van der Waals surface area contributed by atoms with E-state index >= 15 is 0 Å². The summed E-state index contributed by atoms with van der Waals surface area (Å²) in [5.41, 5.74) is 1.53. The molecule has 0 radical (unpaired) electrons. The number of benzene rings is 3. The number of hydrogen-bond acceptors (Lipinski definition) is 4. The average Bonchev–Trinajstić information content (AvgIpc) is 2.84. The Morgan fingerprint density at radius 3 is 2.09 bits per heavy atom. The van der Waals surface area contributed by atoms with Gasteiger partial charge in [-0.3, -0.25) is 9.59 Å². The Hall–Kier alpha value is -3.56. The van der Waals surface area contributed by atoms with Crippen molar-refractivity contribution in [2.45, 2.75) is 4.90 Å². The molecule has 0 bridgehead atoms. The molecule has 0 aromatic heterocycles. The maximum atomic E-state index is 13.4. The number of nitrogens with zero attached hydrogens (tertiary/aromatic N) is 2. The lowest BCUT2D eigenvalue weighted by Crippen LogP contribution is -2.50. The van der Waals surface area contributed by atoms with E-state index in [1.54, 1.807) is 53.4 Å². The Labute approximate surface area is 191 Å². The number of carbonyl (C=O) groups excluding carboxylic acids is 2. The SMILES string of the molecule is O=C(Nc1ccc(C(=O)N2CCN(S(=O)(=O)c3cccc(F)c3)CC2)cc1)c1ccccc1. The number of nitrogens with one attached hydrogen (secondary N) is 1. The van der Waals surface area contributed by atoms with E-state index in [0.29, 0.717) is 16.8 Å². The predicted octanol–water partition coefficient (Wildman–Crippen LogP) is 3.22. The van der Waals surface area contributed by atoms with E-state index in [0.717, 1.165) is 6.07 Å². The first-order chi connectivity index (χ1) is 15.8. The van der Waals surface area contributed by atoms with Gasteiger partial charge in [0.05, 0.1) is 4.90 Å². The van der Waals surface area contributed by atoms with Crippen LogP contribution in [0.25, 0.3) is 0 Å². The first-order valence-electron chi connectivity index (χ1n) is 10.4. The third-order valence-electron chi connectivity index (χ3n) is 5.39. The number of rotatable bonds is 5. The minimum atomic E-state index is -3.82. The normalized spacial score (nSPS) is 14.6. The molecule has 1 heterocycles. The zero-order chi connectivity index (χ0) is 23.4. The van der Waals surface area contributed by atoms with Crippen molar-refractivity contribution in [1.29, 1.82) is 0 Å². The van der Waals surface area contributed by atoms with E-state index < -0.39 is 15.8 Å². The Kier molecular flexibility index (Phi) is 6.52. The smallest absolute Gasteiger partial charge is 0.255 e. The van der Waals surface area contributed by atoms with Crippen molar-refractivity contribution in [2.24, 2.45) is 0 Å². The summed E-state index contributed by atoms with van der Waals surface area (Å²) >= 11 is 0. The molecule has 9 heteroatoms. The standard InChI is InChI=1S/C24H22FN3O4S/c25-20-7-4-8-22(17-20)33(31,32)28-15-13-27(14-16-28)24(30)19-9-11-21(12-10-19)26-23(29)18-5-2-1-3-6-18/h1-12,17H,13-16H2,(H,26,29). The molecular formula is C24H22FN3O4S. The molecule has 1 saturated heterocycles. The highest BCUT2D eigenvalue weighted by atomic mass is 32.2. The number of piperazine rings is 1. The summed E-state index contributed by atoms with van der Waals surface area (Å²) < 4.78 is 40.2. The third-order valence-corrected chi connectivity index (χ3v) is 7.28. The molecule has 1 fully saturated rings. The van der Waals surface area contributed by atoms with Crippen LogP contribution in [0.1, 0.15) is 20.7 Å². The molecule has 1 aliphatic heterocycles. The zero-order valence-corrected chi connectivity index (χ0v) is 18.5. The van der Waals surface area contributed by atoms with Crippen LogP contribution in [0.3, 0.4) is 0 Å². The van der Waals surface area contributed by atoms with E-state index in [-0.39, 0.29) is 42.9 Å². The summed E-state index contributed by atoms with van der Waals surface area (Å²) in [4.78, 5) is 26.6. The van der Waals surface area contributed by atoms with Gasteiger partial charge in [-0.2, -0.15) is 4.31 Å². The largest absolute Gasteiger partial charge is 0.336 e. The average molecular weight is 468 g/mol. The van der Waals surface area contributed by atoms with Crippen LogP contribution in [-0.2, 0) is 10.0 Å². The fourth-order valence-electron chi connectivity index (χ4n) is 3.58. The van der Waals surface area contributed by atoms with Gasteiger partial charge in [0.15, 0.2) is 0 Å². The summed E-state index contributed by atoms with van der Waals surface area (Å²) in [6.07, 6.45) is 0. The van der Waals surface area contributed by atoms with Crippen molar-refractivity contribution in [3.8, 4) is 0 Å². The summed E-state index contributed by atoms with van der Waals surface area (Å²) in [5, 5.41) is 2.78. The second kappa shape index (κ2) is 9.51. The van der Waals surface area contributed by atoms with Crippen molar-refractivity contribution in [1.82, 2.24) is 9.21 Å². The summed E-state index contributed by atoms with van der Waals surface area (Å²) in [7, 11) is -3.82. The summed E-state index contributed by atoms with van der Waals surface area (Å²) in [6.45, 7) is 0.686. The van der Waals surface area contributed by atoms with E-state index in [9.17, 15) is 22.4 Å². The van der Waals surface area contributed by atoms with Crippen molar-refractivity contribution < 1.29 is 22.4 Å². The van der Waals surface area contributed by atoms with Crippen LogP contribution in [0, 0.1) is 5.82 Å². The van der Waals surface area contributed by atoms with Gasteiger partial charge in [0.1, 0.15) is 5.82 Å². The first kappa shape index (κ1) is 22.6. The van der Waals surface area contributed by atoms with Crippen LogP contribution in [0.2, 0.25) is 0 Å². The second-order valence-electron chi connectivity index (χ2n) is 7.55. The van der Waals surface area contributed by atoms with Gasteiger partial charge in [0.2, 0.25) is 10.0 Å². The van der Waals surface area contributed by atoms with Crippen molar-refractivity contribution in [2.75, 3.05) is 31.5 Å². The van der Waals surface area contributed by atoms with Crippen molar-refractivity contribution >= 4 is 27.5 Å². The van der Waals surface area contributed by atoms with Crippen LogP contribution < -0.4 is 5.32 Å². The summed E-state index contributed by atoms with van der Waals surface area (Å²) in [6, 6.07) is 20.2. The van der Waals surface area contributed by atoms with Gasteiger partial charge in [-0.15, -0.1) is 0 Å². The molecule has 0 unspecified atom stereocenters. The molecule has 2 amide bonds. The fraction of sp³-hybridized carbons (Fsp3) is 0.167. The molecule has 0 spiro atoms. The predicted molar refractivity (Wildman–Crippen MR) is 122 cm³/mol. The molecule has 1 N–H and O–H groups in total. The molecular weight excluding hydrogens is 445 g/mol. The Balaban J connectivity index is 1.36. The maximum absolute atomic E-state index is 13.4. The van der Waals surface area contributed by atoms with Crippen LogP contribution >= 0.6 is 0 Å². The first-order valence-corrected chi connectivity index (χ1v) is 11.8. The zero-order valence-electron chi connectivity index (χ0n) is 17.6. The maximum Gasteiger partial charge on any atom is 0.255 e. The lowest BCUT2D eigenvalue weighted by Gasteiger charge is -2.34. The molecule has 3 aromatic rings. The molecule has 0 atom stereocenters. The van der Waals surface area contributed by atoms with Gasteiger partial charge in [-0.05, 0) is 54.6 Å². The van der Waals surface area contributed by atoms with E-state index in [2.05, 4.69) is 5.32 Å². The molecule has 4 rings (SSSR count). The monoisotopic (exact) mass is 467 g/mol. The van der Waals surface area contributed by atoms with Gasteiger partial charge in [-0.25, -0.2) is 12.8 Å². The number of hydrogen-bond donors (Lipinski definition) is 1. The van der Waals surface area contributed by atoms with Crippen LogP contribution in [0.4, 0.5) is 10.1 Å². The number of halogens is 1. The van der Waals surface area contributed by atoms with E-state index in [1.165, 1.54) is 22.5 Å². The van der Waals surface area contributed by atoms with Gasteiger partial charge in [-0.1, -0.05) is 24.3 Å². The topological polar surface area (TPSA) is 86.8 Å². The molecule has 1 aliphatic rings. The minimum absolute atomic E-state index is 0.101. The third kappa shape index (κ3) is 5.10. The van der Waals surface area contributed by atoms with Crippen molar-refractivity contribution in [3.05, 3.63) is 95.8 Å². The van der Waals surface area contributed by atoms with Gasteiger partial charge in [0, 0.05) is 43.0 Å². The molecule has 170 valence electrons. The van der Waals surface area contributed by atoms with Crippen LogP contribution in [0.15, 0.2) is 83.8 Å². The Bertz CT molecular complexity index is 1260. The second-order valence-corrected chi connectivity index (χ2v) is 9.49. The quantitative estimate of drug-likeness (QED) is 0.624. The number of amides is 2. The lowest BCUT2D eigenvalue weighted by molar-refractivity contribution is 0.0698.